The molecule has 0 radical (unpaired) electrons. The Labute approximate surface area is 317 Å². The lowest BCUT2D eigenvalue weighted by Crippen LogP contribution is -2.01. The first-order valence-corrected chi connectivity index (χ1v) is 18.5. The Bertz CT molecular complexity index is 3270. The van der Waals surface area contributed by atoms with Gasteiger partial charge in [0.2, 0.25) is 0 Å². The molecule has 0 aliphatic rings. The summed E-state index contributed by atoms with van der Waals surface area (Å²) in [6.45, 7) is 0. The summed E-state index contributed by atoms with van der Waals surface area (Å²) in [6, 6.07) is 65.9. The maximum atomic E-state index is 6.57. The number of rotatable bonds is 5. The largest absolute Gasteiger partial charge is 0.456 e. The maximum Gasteiger partial charge on any atom is 0.164 e. The van der Waals surface area contributed by atoms with Gasteiger partial charge >= 0.3 is 0 Å². The van der Waals surface area contributed by atoms with Crippen LogP contribution in [-0.2, 0) is 0 Å². The van der Waals surface area contributed by atoms with E-state index < -0.39 is 0 Å². The number of aromatic nitrogens is 3. The van der Waals surface area contributed by atoms with Crippen molar-refractivity contribution < 1.29 is 4.42 Å². The first-order chi connectivity index (χ1) is 27.2. The van der Waals surface area contributed by atoms with E-state index in [-0.39, 0.29) is 0 Å². The van der Waals surface area contributed by atoms with E-state index >= 15 is 0 Å². The highest BCUT2D eigenvalue weighted by molar-refractivity contribution is 6.13. The van der Waals surface area contributed by atoms with Crippen LogP contribution in [0.2, 0.25) is 0 Å². The Morgan fingerprint density at radius 2 is 0.782 bits per heavy atom. The van der Waals surface area contributed by atoms with Crippen molar-refractivity contribution in [2.24, 2.45) is 0 Å². The molecule has 0 fully saturated rings. The molecule has 0 spiro atoms. The second kappa shape index (κ2) is 12.6. The molecule has 2 aromatic heterocycles. The highest BCUT2D eigenvalue weighted by Gasteiger charge is 2.20. The molecule has 11 aromatic rings. The number of nitrogens with zero attached hydrogens (tertiary/aromatic N) is 3. The summed E-state index contributed by atoms with van der Waals surface area (Å²) in [4.78, 5) is 15.8. The highest BCUT2D eigenvalue weighted by Crippen LogP contribution is 2.40. The quantitative estimate of drug-likeness (QED) is 0.179. The Morgan fingerprint density at radius 3 is 1.47 bits per heavy atom. The van der Waals surface area contributed by atoms with Crippen molar-refractivity contribution in [2.45, 2.75) is 0 Å². The molecule has 9 aromatic carbocycles. The summed E-state index contributed by atoms with van der Waals surface area (Å²) in [5, 5.41) is 8.95. The predicted molar refractivity (Wildman–Crippen MR) is 227 cm³/mol. The second-order valence-electron chi connectivity index (χ2n) is 14.1. The first-order valence-electron chi connectivity index (χ1n) is 18.5. The fourth-order valence-electron chi connectivity index (χ4n) is 7.85. The third kappa shape index (κ3) is 5.51. The van der Waals surface area contributed by atoms with Crippen LogP contribution in [-0.4, -0.2) is 15.0 Å². The van der Waals surface area contributed by atoms with Crippen LogP contribution in [0.25, 0.3) is 111 Å². The Hall–Kier alpha value is -7.43. The fourth-order valence-corrected chi connectivity index (χ4v) is 7.85. The molecule has 256 valence electrons. The van der Waals surface area contributed by atoms with Crippen LogP contribution >= 0.6 is 0 Å². The molecule has 0 atom stereocenters. The van der Waals surface area contributed by atoms with Gasteiger partial charge in [0.15, 0.2) is 17.5 Å². The molecule has 0 saturated heterocycles. The number of fused-ring (bicyclic) bond motifs is 6. The summed E-state index contributed by atoms with van der Waals surface area (Å²) >= 11 is 0. The Balaban J connectivity index is 1.16. The Kier molecular flexibility index (Phi) is 7.14. The molecule has 0 amide bonds. The maximum absolute atomic E-state index is 6.57. The van der Waals surface area contributed by atoms with E-state index in [1.165, 1.54) is 21.7 Å². The van der Waals surface area contributed by atoms with Crippen molar-refractivity contribution in [2.75, 3.05) is 0 Å². The first kappa shape index (κ1) is 31.1. The monoisotopic (exact) mass is 701 g/mol. The zero-order chi connectivity index (χ0) is 36.3. The summed E-state index contributed by atoms with van der Waals surface area (Å²) in [7, 11) is 0. The third-order valence-electron chi connectivity index (χ3n) is 10.7. The second-order valence-corrected chi connectivity index (χ2v) is 14.1. The molecule has 4 nitrogen and oxygen atoms in total. The molecular weight excluding hydrogens is 671 g/mol. The summed E-state index contributed by atoms with van der Waals surface area (Å²) in [5.74, 6) is 1.81. The molecule has 55 heavy (non-hydrogen) atoms. The molecule has 0 bridgehead atoms. The van der Waals surface area contributed by atoms with Crippen molar-refractivity contribution in [3.8, 4) is 56.4 Å². The molecule has 0 N–H and O–H groups in total. The number of furan rings is 1. The molecule has 2 heterocycles. The van der Waals surface area contributed by atoms with Crippen LogP contribution in [0, 0.1) is 0 Å². The lowest BCUT2D eigenvalue weighted by molar-refractivity contribution is 0.669. The Morgan fingerprint density at radius 1 is 0.291 bits per heavy atom. The lowest BCUT2D eigenvalue weighted by atomic mass is 9.96. The van der Waals surface area contributed by atoms with Gasteiger partial charge < -0.3 is 4.42 Å². The van der Waals surface area contributed by atoms with Gasteiger partial charge in [0.1, 0.15) is 11.2 Å². The topological polar surface area (TPSA) is 51.8 Å². The van der Waals surface area contributed by atoms with E-state index in [2.05, 4.69) is 170 Å². The molecule has 0 unspecified atom stereocenters. The zero-order valence-corrected chi connectivity index (χ0v) is 29.6. The zero-order valence-electron chi connectivity index (χ0n) is 29.6. The number of hydrogen-bond acceptors (Lipinski definition) is 4. The van der Waals surface area contributed by atoms with Crippen molar-refractivity contribution in [3.63, 3.8) is 0 Å². The molecule has 11 rings (SSSR count). The van der Waals surface area contributed by atoms with Gasteiger partial charge in [0, 0.05) is 27.5 Å². The SMILES string of the molecule is c1ccc(-c2ccc3ccc(-c4nc(-c5ccc6ccccc6c5)nc(-c5cc(-c6ccc7ccccc7c6)cc6oc7ccccc7c56)n4)cc3c2)cc1. The predicted octanol–water partition coefficient (Wildman–Crippen LogP) is 13.6. The molecule has 4 heteroatoms. The van der Waals surface area contributed by atoms with Gasteiger partial charge in [-0.3, -0.25) is 0 Å². The fraction of sp³-hybridized carbons (Fsp3) is 0. The van der Waals surface area contributed by atoms with E-state index in [1.54, 1.807) is 0 Å². The minimum atomic E-state index is 0.588. The van der Waals surface area contributed by atoms with E-state index in [9.17, 15) is 0 Å². The average Bonchev–Trinajstić information content (AvgIpc) is 3.64. The molecule has 0 saturated carbocycles. The van der Waals surface area contributed by atoms with E-state index in [0.717, 1.165) is 71.5 Å². The van der Waals surface area contributed by atoms with Crippen LogP contribution < -0.4 is 0 Å². The lowest BCUT2D eigenvalue weighted by Gasteiger charge is -2.12. The van der Waals surface area contributed by atoms with Gasteiger partial charge in [-0.25, -0.2) is 15.0 Å². The van der Waals surface area contributed by atoms with Gasteiger partial charge in [-0.1, -0.05) is 146 Å². The molecule has 0 aliphatic carbocycles. The summed E-state index contributed by atoms with van der Waals surface area (Å²) < 4.78 is 6.57. The number of para-hydroxylation sites is 1. The summed E-state index contributed by atoms with van der Waals surface area (Å²) in [5.41, 5.74) is 8.81. The number of benzene rings is 9. The summed E-state index contributed by atoms with van der Waals surface area (Å²) in [6.07, 6.45) is 0. The van der Waals surface area contributed by atoms with Crippen LogP contribution in [0.1, 0.15) is 0 Å². The van der Waals surface area contributed by atoms with E-state index in [0.29, 0.717) is 17.5 Å². The van der Waals surface area contributed by atoms with Crippen molar-refractivity contribution >= 4 is 54.3 Å². The third-order valence-corrected chi connectivity index (χ3v) is 10.7. The van der Waals surface area contributed by atoms with Gasteiger partial charge in [-0.15, -0.1) is 0 Å². The van der Waals surface area contributed by atoms with Gasteiger partial charge in [-0.05, 0) is 97.0 Å². The normalized spacial score (nSPS) is 11.6. The minimum absolute atomic E-state index is 0.588. The van der Waals surface area contributed by atoms with Crippen molar-refractivity contribution in [1.29, 1.82) is 0 Å². The standard InChI is InChI=1S/C51H31N3O/c1-2-10-32(11-3-1)38-22-19-35-21-25-41(29-42(35)28-38)50-52-49(40-24-20-34-13-5-7-15-37(34)27-40)53-51(54-50)45-30-43(39-23-18-33-12-4-6-14-36(33)26-39)31-47-48(45)44-16-8-9-17-46(44)55-47/h1-31H. The van der Waals surface area contributed by atoms with E-state index in [1.807, 2.05) is 18.2 Å². The van der Waals surface area contributed by atoms with Gasteiger partial charge in [0.25, 0.3) is 0 Å². The minimum Gasteiger partial charge on any atom is -0.456 e. The molecule has 0 aliphatic heterocycles. The smallest absolute Gasteiger partial charge is 0.164 e. The van der Waals surface area contributed by atoms with Crippen LogP contribution in [0.5, 0.6) is 0 Å². The van der Waals surface area contributed by atoms with Crippen LogP contribution in [0.15, 0.2) is 192 Å². The average molecular weight is 702 g/mol. The molecular formula is C51H31N3O. The number of hydrogen-bond donors (Lipinski definition) is 0. The van der Waals surface area contributed by atoms with Gasteiger partial charge in [-0.2, -0.15) is 0 Å². The highest BCUT2D eigenvalue weighted by atomic mass is 16.3. The van der Waals surface area contributed by atoms with Gasteiger partial charge in [0.05, 0.1) is 0 Å². The van der Waals surface area contributed by atoms with Crippen LogP contribution in [0.3, 0.4) is 0 Å². The van der Waals surface area contributed by atoms with Crippen molar-refractivity contribution in [1.82, 2.24) is 15.0 Å². The van der Waals surface area contributed by atoms with Crippen molar-refractivity contribution in [3.05, 3.63) is 188 Å². The van der Waals surface area contributed by atoms with E-state index in [4.69, 9.17) is 19.4 Å². The van der Waals surface area contributed by atoms with Crippen LogP contribution in [0.4, 0.5) is 0 Å².